The third-order valence-electron chi connectivity index (χ3n) is 8.59. The zero-order valence-electron chi connectivity index (χ0n) is 24.5. The number of hydrogen-bond donors (Lipinski definition) is 1. The second-order valence-corrected chi connectivity index (χ2v) is 14.3. The molecule has 38 heavy (non-hydrogen) atoms. The molecule has 0 saturated carbocycles. The Morgan fingerprint density at radius 3 is 2.34 bits per heavy atom. The zero-order valence-corrected chi connectivity index (χ0v) is 25.3. The van der Waals surface area contributed by atoms with Crippen LogP contribution in [0.15, 0.2) is 25.3 Å². The predicted molar refractivity (Wildman–Crippen MR) is 155 cm³/mol. The molecule has 8 heteroatoms. The van der Waals surface area contributed by atoms with Crippen molar-refractivity contribution in [3.05, 3.63) is 25.3 Å². The van der Waals surface area contributed by atoms with Gasteiger partial charge in [-0.05, 0) is 51.9 Å². The van der Waals surface area contributed by atoms with Crippen LogP contribution in [0.3, 0.4) is 0 Å². The molecule has 0 aromatic carbocycles. The van der Waals surface area contributed by atoms with E-state index in [0.717, 1.165) is 12.8 Å². The summed E-state index contributed by atoms with van der Waals surface area (Å²) in [5.74, 6) is -1.02. The van der Waals surface area contributed by atoms with Crippen molar-refractivity contribution in [1.82, 2.24) is 14.7 Å². The van der Waals surface area contributed by atoms with Gasteiger partial charge in [-0.25, -0.2) is 0 Å². The molecular formula is C30H49N3O4S. The van der Waals surface area contributed by atoms with Crippen LogP contribution in [0.25, 0.3) is 0 Å². The van der Waals surface area contributed by atoms with Crippen molar-refractivity contribution in [2.24, 2.45) is 23.7 Å². The first-order chi connectivity index (χ1) is 17.8. The standard InChI is InChI=1S/C30H49N3O4S/c1-10-13-31(14-11-2)26(35)23-22-17-20(6)30(38-22)24(23)27(36)33(21(18-34)16-19(4)5)25(30)28(37)32(15-12-3)29(7,8)9/h10,12,19-25,34H,1,3,11,13-18H2,2,4-9H3/t20?,21-,22-,23+,24+,25?,30?/m1/s1. The van der Waals surface area contributed by atoms with Crippen LogP contribution in [-0.2, 0) is 14.4 Å². The lowest BCUT2D eigenvalue weighted by Crippen LogP contribution is -2.62. The summed E-state index contributed by atoms with van der Waals surface area (Å²) in [7, 11) is 0. The molecule has 3 rings (SSSR count). The number of hydrogen-bond acceptors (Lipinski definition) is 5. The number of likely N-dealkylation sites (tertiary alicyclic amines) is 1. The van der Waals surface area contributed by atoms with E-state index in [0.29, 0.717) is 26.1 Å². The average Bonchev–Trinajstić information content (AvgIpc) is 3.43. The van der Waals surface area contributed by atoms with Gasteiger partial charge in [-0.1, -0.05) is 39.8 Å². The summed E-state index contributed by atoms with van der Waals surface area (Å²) in [6.45, 7) is 23.2. The van der Waals surface area contributed by atoms with Gasteiger partial charge in [-0.2, -0.15) is 0 Å². The van der Waals surface area contributed by atoms with Crippen LogP contribution in [0.2, 0.25) is 0 Å². The topological polar surface area (TPSA) is 81.2 Å². The van der Waals surface area contributed by atoms with Crippen LogP contribution in [0, 0.1) is 23.7 Å². The van der Waals surface area contributed by atoms with Gasteiger partial charge < -0.3 is 19.8 Å². The maximum atomic E-state index is 14.6. The molecule has 0 aliphatic carbocycles. The number of nitrogens with zero attached hydrogens (tertiary/aromatic N) is 3. The Hall–Kier alpha value is -1.80. The third-order valence-corrected chi connectivity index (χ3v) is 10.7. The van der Waals surface area contributed by atoms with Crippen LogP contribution >= 0.6 is 11.8 Å². The highest BCUT2D eigenvalue weighted by molar-refractivity contribution is 8.02. The number of amides is 3. The van der Waals surface area contributed by atoms with E-state index in [-0.39, 0.29) is 41.4 Å². The highest BCUT2D eigenvalue weighted by Gasteiger charge is 2.77. The van der Waals surface area contributed by atoms with Gasteiger partial charge in [0, 0.05) is 30.4 Å². The van der Waals surface area contributed by atoms with Crippen molar-refractivity contribution in [2.45, 2.75) is 95.3 Å². The molecule has 3 fully saturated rings. The minimum atomic E-state index is -0.739. The van der Waals surface area contributed by atoms with Gasteiger partial charge in [-0.3, -0.25) is 14.4 Å². The molecule has 3 aliphatic heterocycles. The maximum Gasteiger partial charge on any atom is 0.247 e. The number of thioether (sulfide) groups is 1. The molecule has 2 bridgehead atoms. The number of carbonyl (C=O) groups is 3. The summed E-state index contributed by atoms with van der Waals surface area (Å²) in [4.78, 5) is 48.5. The largest absolute Gasteiger partial charge is 0.394 e. The average molecular weight is 548 g/mol. The summed E-state index contributed by atoms with van der Waals surface area (Å²) in [6.07, 6.45) is 5.67. The smallest absolute Gasteiger partial charge is 0.247 e. The molecule has 3 heterocycles. The fraction of sp³-hybridized carbons (Fsp3) is 0.767. The van der Waals surface area contributed by atoms with Gasteiger partial charge >= 0.3 is 0 Å². The van der Waals surface area contributed by atoms with Gasteiger partial charge in [0.05, 0.1) is 29.2 Å². The number of carbonyl (C=O) groups excluding carboxylic acids is 3. The second kappa shape index (κ2) is 11.7. The van der Waals surface area contributed by atoms with E-state index in [9.17, 15) is 19.5 Å². The highest BCUT2D eigenvalue weighted by Crippen LogP contribution is 2.69. The quantitative estimate of drug-likeness (QED) is 0.374. The Bertz CT molecular complexity index is 931. The number of fused-ring (bicyclic) bond motifs is 1. The van der Waals surface area contributed by atoms with Crippen LogP contribution in [-0.4, -0.2) is 91.4 Å². The molecule has 3 saturated heterocycles. The number of aliphatic hydroxyl groups is 1. The molecule has 214 valence electrons. The van der Waals surface area contributed by atoms with E-state index < -0.39 is 34.2 Å². The number of aliphatic hydroxyl groups excluding tert-OH is 1. The first-order valence-corrected chi connectivity index (χ1v) is 15.1. The van der Waals surface area contributed by atoms with E-state index in [1.54, 1.807) is 28.8 Å². The Balaban J connectivity index is 2.18. The minimum absolute atomic E-state index is 0.00626. The Morgan fingerprint density at radius 1 is 1.21 bits per heavy atom. The molecule has 0 radical (unpaired) electrons. The van der Waals surface area contributed by atoms with Crippen LogP contribution in [0.4, 0.5) is 0 Å². The van der Waals surface area contributed by atoms with E-state index in [4.69, 9.17) is 0 Å². The first-order valence-electron chi connectivity index (χ1n) is 14.2. The Kier molecular flexibility index (Phi) is 9.50. The van der Waals surface area contributed by atoms with Crippen LogP contribution in [0.5, 0.6) is 0 Å². The second-order valence-electron chi connectivity index (χ2n) is 12.7. The van der Waals surface area contributed by atoms with E-state index in [1.807, 2.05) is 37.5 Å². The molecule has 3 unspecified atom stereocenters. The van der Waals surface area contributed by atoms with Gasteiger partial charge in [0.25, 0.3) is 0 Å². The van der Waals surface area contributed by atoms with Gasteiger partial charge in [0.15, 0.2) is 0 Å². The summed E-state index contributed by atoms with van der Waals surface area (Å²) in [6, 6.07) is -1.22. The van der Waals surface area contributed by atoms with Crippen molar-refractivity contribution in [2.75, 3.05) is 26.2 Å². The van der Waals surface area contributed by atoms with E-state index in [1.165, 1.54) is 0 Å². The molecule has 0 aromatic rings. The van der Waals surface area contributed by atoms with Gasteiger partial charge in [0.2, 0.25) is 17.7 Å². The molecule has 3 aliphatic rings. The van der Waals surface area contributed by atoms with Gasteiger partial charge in [0.1, 0.15) is 6.04 Å². The summed E-state index contributed by atoms with van der Waals surface area (Å²) >= 11 is 1.69. The summed E-state index contributed by atoms with van der Waals surface area (Å²) in [5, 5.41) is 10.5. The molecule has 3 amide bonds. The maximum absolute atomic E-state index is 14.6. The lowest BCUT2D eigenvalue weighted by atomic mass is 9.65. The predicted octanol–water partition coefficient (Wildman–Crippen LogP) is 3.97. The van der Waals surface area contributed by atoms with E-state index in [2.05, 4.69) is 33.9 Å². The lowest BCUT2D eigenvalue weighted by molar-refractivity contribution is -0.149. The fourth-order valence-corrected chi connectivity index (χ4v) is 9.53. The SMILES string of the molecule is C=CCN(CCC)C(=O)[C@@H]1[C@H]2C(=O)N([C@@H](CO)CC(C)C)C(C(=O)N(CC=C)C(C)(C)C)C23S[C@@H]1CC3C. The van der Waals surface area contributed by atoms with E-state index >= 15 is 0 Å². The third kappa shape index (κ3) is 5.07. The Morgan fingerprint density at radius 2 is 1.84 bits per heavy atom. The zero-order chi connectivity index (χ0) is 28.6. The fourth-order valence-electron chi connectivity index (χ4n) is 7.13. The van der Waals surface area contributed by atoms with Crippen LogP contribution in [0.1, 0.15) is 67.7 Å². The molecule has 1 spiro atoms. The molecule has 1 N–H and O–H groups in total. The van der Waals surface area contributed by atoms with Crippen LogP contribution < -0.4 is 0 Å². The van der Waals surface area contributed by atoms with Crippen molar-refractivity contribution in [1.29, 1.82) is 0 Å². The van der Waals surface area contributed by atoms with Crippen molar-refractivity contribution < 1.29 is 19.5 Å². The molecule has 7 nitrogen and oxygen atoms in total. The van der Waals surface area contributed by atoms with Crippen molar-refractivity contribution >= 4 is 29.5 Å². The highest BCUT2D eigenvalue weighted by atomic mass is 32.2. The Labute approximate surface area is 234 Å². The molecular weight excluding hydrogens is 498 g/mol. The number of rotatable bonds is 12. The van der Waals surface area contributed by atoms with Gasteiger partial charge in [-0.15, -0.1) is 24.9 Å². The summed E-state index contributed by atoms with van der Waals surface area (Å²) < 4.78 is -0.708. The minimum Gasteiger partial charge on any atom is -0.394 e. The summed E-state index contributed by atoms with van der Waals surface area (Å²) in [5.41, 5.74) is -0.483. The monoisotopic (exact) mass is 547 g/mol. The first kappa shape index (κ1) is 30.7. The molecule has 7 atom stereocenters. The van der Waals surface area contributed by atoms with Crippen molar-refractivity contribution in [3.8, 4) is 0 Å². The molecule has 0 aromatic heterocycles. The normalized spacial score (nSPS) is 30.9. The lowest BCUT2D eigenvalue weighted by Gasteiger charge is -2.45. The van der Waals surface area contributed by atoms with Crippen molar-refractivity contribution in [3.63, 3.8) is 0 Å².